The van der Waals surface area contributed by atoms with Gasteiger partial charge in [0.15, 0.2) is 0 Å². The van der Waals surface area contributed by atoms with Gasteiger partial charge in [0.2, 0.25) is 15.9 Å². The molecule has 2 fully saturated rings. The molecule has 0 aliphatic carbocycles. The molecule has 2 aliphatic rings. The van der Waals surface area contributed by atoms with E-state index < -0.39 is 16.1 Å². The highest BCUT2D eigenvalue weighted by molar-refractivity contribution is 7.89. The highest BCUT2D eigenvalue weighted by Gasteiger charge is 2.38. The number of carbonyl (C=O) groups is 1. The molecule has 0 aromatic rings. The Morgan fingerprint density at radius 3 is 2.71 bits per heavy atom. The molecule has 2 unspecified atom stereocenters. The number of piperazine rings is 1. The lowest BCUT2D eigenvalue weighted by atomic mass is 10.0. The molecular formula is C14H27N3O3S. The van der Waals surface area contributed by atoms with Crippen molar-refractivity contribution in [3.8, 4) is 0 Å². The van der Waals surface area contributed by atoms with Crippen molar-refractivity contribution in [2.24, 2.45) is 0 Å². The molecule has 2 atom stereocenters. The number of sulfonamides is 1. The van der Waals surface area contributed by atoms with Crippen molar-refractivity contribution in [1.29, 1.82) is 0 Å². The SMILES string of the molecule is CCCS(=O)(=O)N1CCCCC1C(=O)N1CCNC(C)C1. The van der Waals surface area contributed by atoms with E-state index in [-0.39, 0.29) is 17.7 Å². The number of piperidine rings is 1. The van der Waals surface area contributed by atoms with Crippen LogP contribution in [0.4, 0.5) is 0 Å². The van der Waals surface area contributed by atoms with Crippen molar-refractivity contribution in [3.05, 3.63) is 0 Å². The molecular weight excluding hydrogens is 290 g/mol. The molecule has 6 nitrogen and oxygen atoms in total. The monoisotopic (exact) mass is 317 g/mol. The first-order valence-electron chi connectivity index (χ1n) is 7.97. The van der Waals surface area contributed by atoms with Gasteiger partial charge in [-0.25, -0.2) is 8.42 Å². The molecule has 7 heteroatoms. The molecule has 0 bridgehead atoms. The van der Waals surface area contributed by atoms with Crippen LogP contribution in [-0.2, 0) is 14.8 Å². The van der Waals surface area contributed by atoms with Crippen molar-refractivity contribution in [2.75, 3.05) is 31.9 Å². The third kappa shape index (κ3) is 3.96. The summed E-state index contributed by atoms with van der Waals surface area (Å²) >= 11 is 0. The van der Waals surface area contributed by atoms with Crippen molar-refractivity contribution in [1.82, 2.24) is 14.5 Å². The largest absolute Gasteiger partial charge is 0.338 e. The van der Waals surface area contributed by atoms with E-state index in [4.69, 9.17) is 0 Å². The molecule has 122 valence electrons. The van der Waals surface area contributed by atoms with Gasteiger partial charge in [-0.05, 0) is 26.2 Å². The number of nitrogens with one attached hydrogen (secondary N) is 1. The topological polar surface area (TPSA) is 69.7 Å². The van der Waals surface area contributed by atoms with E-state index in [2.05, 4.69) is 5.32 Å². The van der Waals surface area contributed by atoms with E-state index in [0.717, 1.165) is 19.4 Å². The summed E-state index contributed by atoms with van der Waals surface area (Å²) < 4.78 is 26.2. The van der Waals surface area contributed by atoms with Crippen LogP contribution in [0.5, 0.6) is 0 Å². The van der Waals surface area contributed by atoms with E-state index in [1.165, 1.54) is 4.31 Å². The van der Waals surface area contributed by atoms with E-state index >= 15 is 0 Å². The average Bonchev–Trinajstić information content (AvgIpc) is 2.46. The summed E-state index contributed by atoms with van der Waals surface area (Å²) in [5, 5.41) is 3.31. The van der Waals surface area contributed by atoms with Crippen molar-refractivity contribution in [3.63, 3.8) is 0 Å². The second kappa shape index (κ2) is 7.07. The average molecular weight is 317 g/mol. The Kier molecular flexibility index (Phi) is 5.62. The highest BCUT2D eigenvalue weighted by atomic mass is 32.2. The number of rotatable bonds is 4. The third-order valence-electron chi connectivity index (χ3n) is 4.24. The summed E-state index contributed by atoms with van der Waals surface area (Å²) in [6, 6.07) is -0.215. The van der Waals surface area contributed by atoms with Crippen molar-refractivity contribution >= 4 is 15.9 Å². The van der Waals surface area contributed by atoms with Crippen LogP contribution in [0.2, 0.25) is 0 Å². The Labute approximate surface area is 127 Å². The van der Waals surface area contributed by atoms with Crippen LogP contribution < -0.4 is 5.32 Å². The summed E-state index contributed by atoms with van der Waals surface area (Å²) in [5.74, 6) is 0.122. The quantitative estimate of drug-likeness (QED) is 0.815. The van der Waals surface area contributed by atoms with Gasteiger partial charge in [0, 0.05) is 32.2 Å². The smallest absolute Gasteiger partial charge is 0.241 e. The lowest BCUT2D eigenvalue weighted by molar-refractivity contribution is -0.137. The first kappa shape index (κ1) is 16.7. The molecule has 2 rings (SSSR count). The highest BCUT2D eigenvalue weighted by Crippen LogP contribution is 2.23. The number of nitrogens with zero attached hydrogens (tertiary/aromatic N) is 2. The van der Waals surface area contributed by atoms with Crippen LogP contribution in [0.1, 0.15) is 39.5 Å². The van der Waals surface area contributed by atoms with E-state index in [1.807, 2.05) is 18.7 Å². The number of amides is 1. The molecule has 2 heterocycles. The predicted molar refractivity (Wildman–Crippen MR) is 82.5 cm³/mol. The van der Waals surface area contributed by atoms with Crippen molar-refractivity contribution < 1.29 is 13.2 Å². The van der Waals surface area contributed by atoms with Crippen LogP contribution in [-0.4, -0.2) is 67.5 Å². The summed E-state index contributed by atoms with van der Waals surface area (Å²) in [7, 11) is -3.31. The Morgan fingerprint density at radius 2 is 2.05 bits per heavy atom. The molecule has 0 radical (unpaired) electrons. The standard InChI is InChI=1S/C14H27N3O3S/c1-3-10-21(19,20)17-8-5-4-6-13(17)14(18)16-9-7-15-12(2)11-16/h12-13,15H,3-11H2,1-2H3. The van der Waals surface area contributed by atoms with Gasteiger partial charge in [-0.1, -0.05) is 13.3 Å². The molecule has 1 amide bonds. The van der Waals surface area contributed by atoms with Crippen LogP contribution in [0.25, 0.3) is 0 Å². The summed E-state index contributed by atoms with van der Waals surface area (Å²) in [6.07, 6.45) is 3.02. The van der Waals surface area contributed by atoms with Gasteiger partial charge in [-0.2, -0.15) is 4.31 Å². The third-order valence-corrected chi connectivity index (χ3v) is 6.31. The Morgan fingerprint density at radius 1 is 1.29 bits per heavy atom. The molecule has 0 aromatic heterocycles. The van der Waals surface area contributed by atoms with Gasteiger partial charge in [-0.3, -0.25) is 4.79 Å². The fraction of sp³-hybridized carbons (Fsp3) is 0.929. The maximum Gasteiger partial charge on any atom is 0.241 e. The summed E-state index contributed by atoms with van der Waals surface area (Å²) in [5.41, 5.74) is 0. The van der Waals surface area contributed by atoms with Crippen LogP contribution in [0, 0.1) is 0 Å². The summed E-state index contributed by atoms with van der Waals surface area (Å²) in [4.78, 5) is 14.6. The van der Waals surface area contributed by atoms with Crippen molar-refractivity contribution in [2.45, 2.75) is 51.6 Å². The molecule has 2 aliphatic heterocycles. The normalized spacial score (nSPS) is 28.6. The number of hydrogen-bond donors (Lipinski definition) is 1. The fourth-order valence-electron chi connectivity index (χ4n) is 3.20. The molecule has 0 spiro atoms. The molecule has 21 heavy (non-hydrogen) atoms. The van der Waals surface area contributed by atoms with E-state index in [1.54, 1.807) is 0 Å². The number of hydrogen-bond acceptors (Lipinski definition) is 4. The maximum atomic E-state index is 12.8. The van der Waals surface area contributed by atoms with Crippen LogP contribution in [0.15, 0.2) is 0 Å². The molecule has 2 saturated heterocycles. The Hall–Kier alpha value is -0.660. The predicted octanol–water partition coefficient (Wildman–Crippen LogP) is 0.401. The van der Waals surface area contributed by atoms with E-state index in [9.17, 15) is 13.2 Å². The minimum atomic E-state index is -3.31. The number of carbonyl (C=O) groups excluding carboxylic acids is 1. The van der Waals surface area contributed by atoms with Gasteiger partial charge < -0.3 is 10.2 Å². The van der Waals surface area contributed by atoms with Gasteiger partial charge in [0.25, 0.3) is 0 Å². The molecule has 0 saturated carbocycles. The van der Waals surface area contributed by atoms with Gasteiger partial charge in [0.1, 0.15) is 6.04 Å². The van der Waals surface area contributed by atoms with Crippen LogP contribution >= 0.6 is 0 Å². The second-order valence-corrected chi connectivity index (χ2v) is 8.12. The lowest BCUT2D eigenvalue weighted by Gasteiger charge is -2.39. The zero-order valence-corrected chi connectivity index (χ0v) is 13.9. The Bertz CT molecular complexity index is 466. The van der Waals surface area contributed by atoms with Gasteiger partial charge >= 0.3 is 0 Å². The minimum Gasteiger partial charge on any atom is -0.338 e. The molecule has 0 aromatic carbocycles. The van der Waals surface area contributed by atoms with Gasteiger partial charge in [0.05, 0.1) is 5.75 Å². The first-order valence-corrected chi connectivity index (χ1v) is 9.58. The second-order valence-electron chi connectivity index (χ2n) is 6.08. The maximum absolute atomic E-state index is 12.8. The summed E-state index contributed by atoms with van der Waals surface area (Å²) in [6.45, 7) is 6.50. The van der Waals surface area contributed by atoms with Crippen LogP contribution in [0.3, 0.4) is 0 Å². The lowest BCUT2D eigenvalue weighted by Crippen LogP contribution is -2.58. The zero-order chi connectivity index (χ0) is 15.5. The fourth-order valence-corrected chi connectivity index (χ4v) is 4.94. The first-order chi connectivity index (χ1) is 9.95. The molecule has 1 N–H and O–H groups in total. The Balaban J connectivity index is 2.12. The zero-order valence-electron chi connectivity index (χ0n) is 13.0. The van der Waals surface area contributed by atoms with Gasteiger partial charge in [-0.15, -0.1) is 0 Å². The van der Waals surface area contributed by atoms with E-state index in [0.29, 0.717) is 32.5 Å². The minimum absolute atomic E-state index is 0.0114.